The molecule has 0 saturated carbocycles. The molecule has 0 bridgehead atoms. The Hall–Kier alpha value is -1.03. The molecule has 1 rings (SSSR count). The predicted octanol–water partition coefficient (Wildman–Crippen LogP) is 3.41. The topological polar surface area (TPSA) is 35.5 Å². The lowest BCUT2D eigenvalue weighted by Crippen LogP contribution is -2.08. The molecule has 0 aromatic heterocycles. The summed E-state index contributed by atoms with van der Waals surface area (Å²) in [5.41, 5.74) is 0.518. The van der Waals surface area contributed by atoms with E-state index in [0.29, 0.717) is 12.2 Å². The molecule has 88 valence electrons. The van der Waals surface area contributed by atoms with E-state index in [2.05, 4.69) is 15.9 Å². The first-order chi connectivity index (χ1) is 7.54. The average molecular weight is 287 g/mol. The first-order valence-corrected chi connectivity index (χ1v) is 5.97. The minimum absolute atomic E-state index is 0.102. The summed E-state index contributed by atoms with van der Waals surface area (Å²) in [6, 6.07) is 5.16. The maximum absolute atomic E-state index is 11.4. The van der Waals surface area contributed by atoms with Crippen molar-refractivity contribution in [3.05, 3.63) is 28.2 Å². The van der Waals surface area contributed by atoms with E-state index in [1.54, 1.807) is 25.1 Å². The van der Waals surface area contributed by atoms with Crippen LogP contribution in [0.25, 0.3) is 0 Å². The number of esters is 1. The van der Waals surface area contributed by atoms with E-state index in [1.165, 1.54) is 0 Å². The van der Waals surface area contributed by atoms with Crippen molar-refractivity contribution in [1.29, 1.82) is 0 Å². The molecule has 0 unspecified atom stereocenters. The third-order valence-electron chi connectivity index (χ3n) is 1.81. The molecule has 0 aliphatic rings. The van der Waals surface area contributed by atoms with Crippen LogP contribution in [0.1, 0.15) is 31.1 Å². The van der Waals surface area contributed by atoms with Crippen LogP contribution in [0.5, 0.6) is 5.75 Å². The summed E-state index contributed by atoms with van der Waals surface area (Å²) in [6.45, 7) is 6.06. The number of carbonyl (C=O) groups excluding carboxylic acids is 1. The Labute approximate surface area is 104 Å². The second-order valence-electron chi connectivity index (χ2n) is 3.53. The number of rotatable bonds is 4. The van der Waals surface area contributed by atoms with Crippen molar-refractivity contribution in [3.63, 3.8) is 0 Å². The van der Waals surface area contributed by atoms with E-state index in [9.17, 15) is 4.79 Å². The molecular weight excluding hydrogens is 272 g/mol. The summed E-state index contributed by atoms with van der Waals surface area (Å²) in [6.07, 6.45) is 0.102. The molecule has 0 saturated heterocycles. The standard InChI is InChI=1S/C12H15BrO3/c1-4-15-12(14)9-5-6-11(10(13)7-9)16-8(2)3/h5-8H,4H2,1-3H3. The van der Waals surface area contributed by atoms with Gasteiger partial charge in [-0.3, -0.25) is 0 Å². The SMILES string of the molecule is CCOC(=O)c1ccc(OC(C)C)c(Br)c1. The van der Waals surface area contributed by atoms with Crippen molar-refractivity contribution in [2.75, 3.05) is 6.61 Å². The van der Waals surface area contributed by atoms with Crippen molar-refractivity contribution < 1.29 is 14.3 Å². The maximum atomic E-state index is 11.4. The Morgan fingerprint density at radius 1 is 1.44 bits per heavy atom. The van der Waals surface area contributed by atoms with Crippen LogP contribution in [0.4, 0.5) is 0 Å². The van der Waals surface area contributed by atoms with E-state index in [1.807, 2.05) is 13.8 Å². The molecule has 4 heteroatoms. The second kappa shape index (κ2) is 5.89. The molecule has 0 aliphatic heterocycles. The fourth-order valence-electron chi connectivity index (χ4n) is 1.19. The zero-order chi connectivity index (χ0) is 12.1. The van der Waals surface area contributed by atoms with E-state index < -0.39 is 0 Å². The Morgan fingerprint density at radius 2 is 2.12 bits per heavy atom. The summed E-state index contributed by atoms with van der Waals surface area (Å²) in [7, 11) is 0. The molecule has 1 aromatic carbocycles. The van der Waals surface area contributed by atoms with Gasteiger partial charge in [-0.25, -0.2) is 4.79 Å². The molecule has 3 nitrogen and oxygen atoms in total. The van der Waals surface area contributed by atoms with E-state index in [4.69, 9.17) is 9.47 Å². The van der Waals surface area contributed by atoms with Crippen LogP contribution in [0.3, 0.4) is 0 Å². The van der Waals surface area contributed by atoms with Crippen LogP contribution in [-0.2, 0) is 4.74 Å². The van der Waals surface area contributed by atoms with Gasteiger partial charge in [0, 0.05) is 0 Å². The molecule has 0 atom stereocenters. The minimum atomic E-state index is -0.320. The summed E-state index contributed by atoms with van der Waals surface area (Å²) in [5.74, 6) is 0.405. The van der Waals surface area contributed by atoms with Crippen molar-refractivity contribution in [1.82, 2.24) is 0 Å². The van der Waals surface area contributed by atoms with Gasteiger partial charge in [-0.1, -0.05) is 0 Å². The van der Waals surface area contributed by atoms with Crippen LogP contribution in [0, 0.1) is 0 Å². The lowest BCUT2D eigenvalue weighted by molar-refractivity contribution is 0.0526. The van der Waals surface area contributed by atoms with Gasteiger partial charge in [-0.05, 0) is 54.9 Å². The summed E-state index contributed by atoms with van der Waals surface area (Å²) < 4.78 is 11.2. The van der Waals surface area contributed by atoms with Crippen LogP contribution in [0.15, 0.2) is 22.7 Å². The van der Waals surface area contributed by atoms with Crippen LogP contribution < -0.4 is 4.74 Å². The lowest BCUT2D eigenvalue weighted by atomic mass is 10.2. The van der Waals surface area contributed by atoms with Gasteiger partial charge in [0.05, 0.1) is 22.7 Å². The molecule has 0 N–H and O–H groups in total. The van der Waals surface area contributed by atoms with Crippen molar-refractivity contribution in [2.45, 2.75) is 26.9 Å². The molecule has 1 aromatic rings. The minimum Gasteiger partial charge on any atom is -0.490 e. The van der Waals surface area contributed by atoms with Gasteiger partial charge in [0.15, 0.2) is 0 Å². The number of halogens is 1. The molecule has 0 radical (unpaired) electrons. The lowest BCUT2D eigenvalue weighted by Gasteiger charge is -2.12. The van der Waals surface area contributed by atoms with Crippen molar-refractivity contribution >= 4 is 21.9 Å². The highest BCUT2D eigenvalue weighted by Gasteiger charge is 2.10. The zero-order valence-corrected chi connectivity index (χ0v) is 11.2. The highest BCUT2D eigenvalue weighted by molar-refractivity contribution is 9.10. The van der Waals surface area contributed by atoms with E-state index in [-0.39, 0.29) is 12.1 Å². The third kappa shape index (κ3) is 3.52. The van der Waals surface area contributed by atoms with Gasteiger partial charge in [0.1, 0.15) is 5.75 Å². The monoisotopic (exact) mass is 286 g/mol. The largest absolute Gasteiger partial charge is 0.490 e. The quantitative estimate of drug-likeness (QED) is 0.796. The van der Waals surface area contributed by atoms with Gasteiger partial charge >= 0.3 is 5.97 Å². The molecule has 0 aliphatic carbocycles. The first-order valence-electron chi connectivity index (χ1n) is 5.18. The van der Waals surface area contributed by atoms with Gasteiger partial charge < -0.3 is 9.47 Å². The highest BCUT2D eigenvalue weighted by Crippen LogP contribution is 2.27. The van der Waals surface area contributed by atoms with Gasteiger partial charge in [0.25, 0.3) is 0 Å². The number of hydrogen-bond donors (Lipinski definition) is 0. The summed E-state index contributed by atoms with van der Waals surface area (Å²) in [5, 5.41) is 0. The van der Waals surface area contributed by atoms with Crippen LogP contribution >= 0.6 is 15.9 Å². The van der Waals surface area contributed by atoms with Crippen LogP contribution in [-0.4, -0.2) is 18.7 Å². The number of hydrogen-bond acceptors (Lipinski definition) is 3. The Morgan fingerprint density at radius 3 is 2.62 bits per heavy atom. The molecular formula is C12H15BrO3. The van der Waals surface area contributed by atoms with E-state index in [0.717, 1.165) is 10.2 Å². The normalized spacial score (nSPS) is 10.3. The van der Waals surface area contributed by atoms with Crippen molar-refractivity contribution in [3.8, 4) is 5.75 Å². The van der Waals surface area contributed by atoms with Crippen LogP contribution in [0.2, 0.25) is 0 Å². The van der Waals surface area contributed by atoms with E-state index >= 15 is 0 Å². The van der Waals surface area contributed by atoms with Gasteiger partial charge in [-0.2, -0.15) is 0 Å². The first kappa shape index (κ1) is 13.0. The van der Waals surface area contributed by atoms with Crippen molar-refractivity contribution in [2.24, 2.45) is 0 Å². The van der Waals surface area contributed by atoms with Gasteiger partial charge in [-0.15, -0.1) is 0 Å². The summed E-state index contributed by atoms with van der Waals surface area (Å²) in [4.78, 5) is 11.4. The summed E-state index contributed by atoms with van der Waals surface area (Å²) >= 11 is 3.36. The Bertz CT molecular complexity index is 375. The molecule has 0 amide bonds. The maximum Gasteiger partial charge on any atom is 0.338 e. The second-order valence-corrected chi connectivity index (χ2v) is 4.39. The average Bonchev–Trinajstić information content (AvgIpc) is 2.20. The number of benzene rings is 1. The zero-order valence-electron chi connectivity index (χ0n) is 9.62. The Kier molecular flexibility index (Phi) is 4.80. The fraction of sp³-hybridized carbons (Fsp3) is 0.417. The molecule has 0 heterocycles. The number of carbonyl (C=O) groups is 1. The Balaban J connectivity index is 2.86. The predicted molar refractivity (Wildman–Crippen MR) is 65.9 cm³/mol. The number of ether oxygens (including phenoxy) is 2. The van der Waals surface area contributed by atoms with Gasteiger partial charge in [0.2, 0.25) is 0 Å². The molecule has 0 fully saturated rings. The third-order valence-corrected chi connectivity index (χ3v) is 2.43. The molecule has 0 spiro atoms. The molecule has 16 heavy (non-hydrogen) atoms. The fourth-order valence-corrected chi connectivity index (χ4v) is 1.66. The highest BCUT2D eigenvalue weighted by atomic mass is 79.9. The smallest absolute Gasteiger partial charge is 0.338 e.